The van der Waals surface area contributed by atoms with Gasteiger partial charge in [-0.05, 0) is 90.3 Å². The molecule has 34 heteroatoms. The van der Waals surface area contributed by atoms with Crippen LogP contribution in [0, 0.1) is 6.92 Å². The Bertz CT molecular complexity index is 5000. The van der Waals surface area contributed by atoms with E-state index >= 15 is 0 Å². The number of nitrogens with two attached hydrogens (primary N) is 2. The molecule has 29 nitrogen and oxygen atoms in total. The van der Waals surface area contributed by atoms with Crippen molar-refractivity contribution in [1.82, 2.24) is 0 Å². The van der Waals surface area contributed by atoms with Gasteiger partial charge in [0.15, 0.2) is 23.1 Å². The third kappa shape index (κ3) is 12.6. The average molecular weight is 1270 g/mol. The summed E-state index contributed by atoms with van der Waals surface area (Å²) in [5.41, 5.74) is 8.55. The van der Waals surface area contributed by atoms with E-state index in [1.165, 1.54) is 78.9 Å². The third-order valence-corrected chi connectivity index (χ3v) is 17.6. The Morgan fingerprint density at radius 2 is 0.895 bits per heavy atom. The number of anilines is 2. The molecule has 0 atom stereocenters. The lowest BCUT2D eigenvalue weighted by Gasteiger charge is -2.19. The zero-order valence-corrected chi connectivity index (χ0v) is 48.3. The number of azo groups is 4. The van der Waals surface area contributed by atoms with Crippen molar-refractivity contribution in [2.24, 2.45) is 40.9 Å². The van der Waals surface area contributed by atoms with Crippen LogP contribution in [-0.4, -0.2) is 91.7 Å². The van der Waals surface area contributed by atoms with Gasteiger partial charge in [-0.1, -0.05) is 42.5 Å². The van der Waals surface area contributed by atoms with E-state index < -0.39 is 118 Å². The highest BCUT2D eigenvalue weighted by Gasteiger charge is 2.35. The first-order valence-corrected chi connectivity index (χ1v) is 31.8. The maximum absolute atomic E-state index is 14.6. The van der Waals surface area contributed by atoms with Gasteiger partial charge in [-0.25, -0.2) is 0 Å². The summed E-state index contributed by atoms with van der Waals surface area (Å²) in [6, 6.07) is 22.3. The van der Waals surface area contributed by atoms with Crippen LogP contribution in [0.3, 0.4) is 0 Å². The number of fused-ring (bicyclic) bond motifs is 4. The Morgan fingerprint density at radius 3 is 1.42 bits per heavy atom. The van der Waals surface area contributed by atoms with E-state index in [9.17, 15) is 75.5 Å². The fraction of sp³-hybridized carbons (Fsp3) is 0.115. The van der Waals surface area contributed by atoms with Crippen LogP contribution in [-0.2, 0) is 76.2 Å². The van der Waals surface area contributed by atoms with Gasteiger partial charge in [-0.3, -0.25) is 31.6 Å². The SMILES string of the molecule is COS(=O)(=O)c1ccc(CS(=O)(=O)O)cc1N=Nc1ccc(N)c2c(O)c(N=Nc3cccc4c3C(=O)c3cccc(N=Nc5c(CS(=O)(=O)O)cc6c(N=Nc7cc(C)ccc7CS(=O)(=O)O)ccc(N)c6c5O)c3C4=O)c(S(=O)(=O)OC)cc12. The van der Waals surface area contributed by atoms with Gasteiger partial charge in [0.05, 0.1) is 64.6 Å². The third-order valence-electron chi connectivity index (χ3n) is 12.9. The number of benzene rings is 8. The zero-order valence-electron chi connectivity index (χ0n) is 44.2. The summed E-state index contributed by atoms with van der Waals surface area (Å²) in [4.78, 5) is 27.7. The zero-order chi connectivity index (χ0) is 62.6. The second-order valence-corrected chi connectivity index (χ2v) is 26.4. The molecular formula is C52H42N10O19S5. The molecule has 0 saturated heterocycles. The maximum Gasteiger partial charge on any atom is 0.299 e. The van der Waals surface area contributed by atoms with E-state index in [1.807, 2.05) is 0 Å². The smallest absolute Gasteiger partial charge is 0.299 e. The second-order valence-electron chi connectivity index (χ2n) is 18.7. The standard InChI is InChI=1S/C52H42N10O19S5/c1-25-10-12-27(23-83(70,71)72)39(18-25)59-55-35-15-13-33(53)43-31(35)20-28(24-84(73,74)75)47(51(43)65)61-57-37-8-4-6-29-45(37)49(63)30-7-5-9-38(46(30)50(29)64)58-62-48-42(86(78,79)81-3)21-32-36(16-14-34(54)44(32)52(48)66)56-60-40-19-26(22-82(67,68)69)11-17-41(40)85(76,77)80-2/h4-21,65-66H,22-24,53-54H2,1-3H3,(H,67,68,69)(H,70,71,72)(H,73,74,75). The topological polar surface area (TPSA) is 475 Å². The van der Waals surface area contributed by atoms with Crippen molar-refractivity contribution in [3.8, 4) is 11.5 Å². The van der Waals surface area contributed by atoms with Crippen molar-refractivity contribution < 1.29 is 83.9 Å². The first kappa shape index (κ1) is 61.3. The predicted octanol–water partition coefficient (Wildman–Crippen LogP) is 10.1. The number of aryl methyl sites for hydroxylation is 1. The largest absolute Gasteiger partial charge is 0.505 e. The van der Waals surface area contributed by atoms with Crippen molar-refractivity contribution in [3.05, 3.63) is 154 Å². The molecule has 86 heavy (non-hydrogen) atoms. The minimum atomic E-state index is -4.91. The fourth-order valence-electron chi connectivity index (χ4n) is 9.11. The molecule has 0 unspecified atom stereocenters. The molecule has 1 aliphatic rings. The first-order chi connectivity index (χ1) is 40.3. The van der Waals surface area contributed by atoms with Gasteiger partial charge in [0.2, 0.25) is 0 Å². The molecule has 0 fully saturated rings. The average Bonchev–Trinajstić information content (AvgIpc) is 0.861. The summed E-state index contributed by atoms with van der Waals surface area (Å²) < 4.78 is 163. The van der Waals surface area contributed by atoms with Crippen LogP contribution in [0.25, 0.3) is 21.5 Å². The maximum atomic E-state index is 14.6. The molecule has 0 aromatic heterocycles. The van der Waals surface area contributed by atoms with E-state index in [0.717, 1.165) is 38.5 Å². The van der Waals surface area contributed by atoms with Gasteiger partial charge in [-0.15, -0.1) is 35.8 Å². The Kier molecular flexibility index (Phi) is 16.4. The Balaban J connectivity index is 1.10. The summed E-state index contributed by atoms with van der Waals surface area (Å²) in [7, 11) is -21.8. The molecule has 8 aromatic carbocycles. The summed E-state index contributed by atoms with van der Waals surface area (Å²) in [6.07, 6.45) is 0. The molecule has 0 heterocycles. The number of phenols is 2. The van der Waals surface area contributed by atoms with Crippen LogP contribution in [0.1, 0.15) is 54.1 Å². The molecule has 8 aromatic rings. The van der Waals surface area contributed by atoms with Crippen molar-refractivity contribution in [3.63, 3.8) is 0 Å². The summed E-state index contributed by atoms with van der Waals surface area (Å²) in [5, 5.41) is 55.8. The molecule has 0 saturated carbocycles. The molecule has 444 valence electrons. The molecule has 9 rings (SSSR count). The van der Waals surface area contributed by atoms with E-state index in [1.54, 1.807) is 13.0 Å². The van der Waals surface area contributed by atoms with Crippen molar-refractivity contribution in [2.75, 3.05) is 25.7 Å². The number of hydrogen-bond donors (Lipinski definition) is 7. The molecule has 0 radical (unpaired) electrons. The van der Waals surface area contributed by atoms with Crippen LogP contribution >= 0.6 is 0 Å². The van der Waals surface area contributed by atoms with Crippen molar-refractivity contribution in [1.29, 1.82) is 0 Å². The molecule has 1 aliphatic carbocycles. The predicted molar refractivity (Wildman–Crippen MR) is 308 cm³/mol. The normalized spacial score (nSPS) is 13.5. The number of aromatic hydroxyl groups is 2. The molecular weight excluding hydrogens is 1230 g/mol. The van der Waals surface area contributed by atoms with Crippen molar-refractivity contribution >= 4 is 141 Å². The monoisotopic (exact) mass is 1270 g/mol. The fourth-order valence-corrected chi connectivity index (χ4v) is 12.5. The summed E-state index contributed by atoms with van der Waals surface area (Å²) in [6.45, 7) is 1.69. The molecule has 0 spiro atoms. The van der Waals surface area contributed by atoms with E-state index in [-0.39, 0.29) is 100 Å². The molecule has 9 N–H and O–H groups in total. The summed E-state index contributed by atoms with van der Waals surface area (Å²) >= 11 is 0. The van der Waals surface area contributed by atoms with Gasteiger partial charge < -0.3 is 21.7 Å². The number of hydrogen-bond acceptors (Lipinski definition) is 26. The first-order valence-electron chi connectivity index (χ1n) is 24.2. The quantitative estimate of drug-likeness (QED) is 0.0182. The lowest BCUT2D eigenvalue weighted by molar-refractivity contribution is 0.0980. The van der Waals surface area contributed by atoms with E-state index in [4.69, 9.17) is 15.7 Å². The van der Waals surface area contributed by atoms with Crippen LogP contribution < -0.4 is 11.5 Å². The lowest BCUT2D eigenvalue weighted by Crippen LogP contribution is -2.21. The van der Waals surface area contributed by atoms with Crippen LogP contribution in [0.4, 0.5) is 56.9 Å². The summed E-state index contributed by atoms with van der Waals surface area (Å²) in [5.74, 6) is -6.37. The van der Waals surface area contributed by atoms with Crippen LogP contribution in [0.15, 0.2) is 160 Å². The van der Waals surface area contributed by atoms with E-state index in [2.05, 4.69) is 45.1 Å². The van der Waals surface area contributed by atoms with Crippen LogP contribution in [0.5, 0.6) is 11.5 Å². The number of phenolic OH excluding ortho intramolecular Hbond substituents is 2. The molecule has 0 bridgehead atoms. The second kappa shape index (κ2) is 23.0. The van der Waals surface area contributed by atoms with Gasteiger partial charge >= 0.3 is 0 Å². The van der Waals surface area contributed by atoms with E-state index in [0.29, 0.717) is 5.56 Å². The number of carbonyl (C=O) groups is 2. The van der Waals surface area contributed by atoms with Gasteiger partial charge in [0.1, 0.15) is 44.1 Å². The van der Waals surface area contributed by atoms with Crippen molar-refractivity contribution in [2.45, 2.75) is 34.0 Å². The minimum Gasteiger partial charge on any atom is -0.505 e. The number of rotatable bonds is 18. The number of nitrogens with zero attached hydrogens (tertiary/aromatic N) is 8. The number of carbonyl (C=O) groups excluding carboxylic acids is 2. The Hall–Kier alpha value is -9.23. The highest BCUT2D eigenvalue weighted by atomic mass is 32.2. The Morgan fingerprint density at radius 1 is 0.442 bits per heavy atom. The highest BCUT2D eigenvalue weighted by Crippen LogP contribution is 2.49. The molecule has 0 aliphatic heterocycles. The minimum absolute atomic E-state index is 0.0254. The number of ketones is 2. The lowest BCUT2D eigenvalue weighted by atomic mass is 9.82. The van der Waals surface area contributed by atoms with Gasteiger partial charge in [-0.2, -0.15) is 47.2 Å². The highest BCUT2D eigenvalue weighted by molar-refractivity contribution is 7.87. The molecule has 0 amide bonds. The van der Waals surface area contributed by atoms with Crippen LogP contribution in [0.2, 0.25) is 0 Å². The van der Waals surface area contributed by atoms with Gasteiger partial charge in [0, 0.05) is 38.8 Å². The van der Waals surface area contributed by atoms with Gasteiger partial charge in [0.25, 0.3) is 50.6 Å². The number of nitrogen functional groups attached to an aromatic ring is 2. The Labute approximate surface area is 487 Å².